The van der Waals surface area contributed by atoms with Crippen LogP contribution in [0.1, 0.15) is 12.8 Å². The molecule has 0 aliphatic carbocycles. The molecular weight excluding hydrogens is 242 g/mol. The number of urea groups is 1. The Morgan fingerprint density at radius 2 is 2.06 bits per heavy atom. The van der Waals surface area contributed by atoms with Crippen molar-refractivity contribution in [3.05, 3.63) is 29.8 Å². The lowest BCUT2D eigenvalue weighted by Crippen LogP contribution is -2.35. The Morgan fingerprint density at radius 3 is 2.67 bits per heavy atom. The molecule has 0 radical (unpaired) electrons. The maximum Gasteiger partial charge on any atom is 0.319 e. The van der Waals surface area contributed by atoms with Gasteiger partial charge >= 0.3 is 6.03 Å². The van der Waals surface area contributed by atoms with E-state index in [4.69, 9.17) is 4.74 Å². The number of nitrogens with one attached hydrogen (secondary N) is 2. The molecule has 0 saturated carbocycles. The van der Waals surface area contributed by atoms with E-state index in [0.717, 1.165) is 31.0 Å². The number of amides is 2. The van der Waals surface area contributed by atoms with E-state index in [9.17, 15) is 13.6 Å². The third-order valence-electron chi connectivity index (χ3n) is 2.63. The summed E-state index contributed by atoms with van der Waals surface area (Å²) in [6, 6.07) is 2.34. The third kappa shape index (κ3) is 3.66. The summed E-state index contributed by atoms with van der Waals surface area (Å²) in [5, 5.41) is 4.95. The summed E-state index contributed by atoms with van der Waals surface area (Å²) in [5.74, 6) is -1.46. The molecule has 2 N–H and O–H groups in total. The summed E-state index contributed by atoms with van der Waals surface area (Å²) in [6.07, 6.45) is 1.93. The average Bonchev–Trinajstić information content (AvgIpc) is 2.77. The van der Waals surface area contributed by atoms with E-state index in [1.165, 1.54) is 0 Å². The van der Waals surface area contributed by atoms with Gasteiger partial charge in [0.1, 0.15) is 11.6 Å². The molecule has 2 amide bonds. The zero-order chi connectivity index (χ0) is 13.0. The number of hydrogen-bond donors (Lipinski definition) is 2. The summed E-state index contributed by atoms with van der Waals surface area (Å²) >= 11 is 0. The molecule has 0 aromatic heterocycles. The number of ether oxygens (including phenoxy) is 1. The second-order valence-electron chi connectivity index (χ2n) is 4.13. The van der Waals surface area contributed by atoms with Gasteiger partial charge in [-0.25, -0.2) is 13.6 Å². The van der Waals surface area contributed by atoms with Gasteiger partial charge in [0.05, 0.1) is 6.10 Å². The molecule has 18 heavy (non-hydrogen) atoms. The molecule has 1 saturated heterocycles. The highest BCUT2D eigenvalue weighted by atomic mass is 19.1. The number of benzene rings is 1. The molecule has 1 aliphatic heterocycles. The van der Waals surface area contributed by atoms with Crippen molar-refractivity contribution < 1.29 is 18.3 Å². The minimum absolute atomic E-state index is 0.0278. The quantitative estimate of drug-likeness (QED) is 0.871. The van der Waals surface area contributed by atoms with Crippen LogP contribution in [0, 0.1) is 11.6 Å². The number of hydrogen-bond acceptors (Lipinski definition) is 2. The summed E-state index contributed by atoms with van der Waals surface area (Å²) < 4.78 is 31.1. The molecule has 98 valence electrons. The third-order valence-corrected chi connectivity index (χ3v) is 2.63. The van der Waals surface area contributed by atoms with Crippen LogP contribution in [0.4, 0.5) is 19.3 Å². The van der Waals surface area contributed by atoms with E-state index in [0.29, 0.717) is 13.2 Å². The second kappa shape index (κ2) is 5.77. The minimum atomic E-state index is -0.732. The van der Waals surface area contributed by atoms with Gasteiger partial charge in [-0.1, -0.05) is 0 Å². The van der Waals surface area contributed by atoms with E-state index in [1.54, 1.807) is 0 Å². The van der Waals surface area contributed by atoms with Crippen LogP contribution >= 0.6 is 0 Å². The zero-order valence-electron chi connectivity index (χ0n) is 9.71. The van der Waals surface area contributed by atoms with Crippen molar-refractivity contribution in [1.82, 2.24) is 5.32 Å². The van der Waals surface area contributed by atoms with Crippen molar-refractivity contribution >= 4 is 11.7 Å². The van der Waals surface area contributed by atoms with E-state index in [-0.39, 0.29) is 11.8 Å². The van der Waals surface area contributed by atoms with Gasteiger partial charge in [0.2, 0.25) is 0 Å². The first-order chi connectivity index (χ1) is 8.63. The minimum Gasteiger partial charge on any atom is -0.376 e. The summed E-state index contributed by atoms with van der Waals surface area (Å²) in [7, 11) is 0. The first-order valence-corrected chi connectivity index (χ1v) is 5.76. The molecule has 4 nitrogen and oxygen atoms in total. The highest BCUT2D eigenvalue weighted by Crippen LogP contribution is 2.13. The van der Waals surface area contributed by atoms with Crippen LogP contribution in [-0.4, -0.2) is 25.3 Å². The normalized spacial score (nSPS) is 18.7. The molecule has 1 fully saturated rings. The predicted molar refractivity (Wildman–Crippen MR) is 62.4 cm³/mol. The molecule has 1 atom stereocenters. The standard InChI is InChI=1S/C12H14F2N2O2/c13-8-4-9(14)6-10(5-8)16-12(17)15-7-11-2-1-3-18-11/h4-6,11H,1-3,7H2,(H2,15,16,17)/t11-/m1/s1. The maximum atomic E-state index is 12.9. The Kier molecular flexibility index (Phi) is 4.09. The topological polar surface area (TPSA) is 50.4 Å². The Labute approximate surface area is 103 Å². The smallest absolute Gasteiger partial charge is 0.319 e. The summed E-state index contributed by atoms with van der Waals surface area (Å²) in [5.41, 5.74) is 0.0809. The molecule has 2 rings (SSSR count). The van der Waals surface area contributed by atoms with Crippen LogP contribution < -0.4 is 10.6 Å². The van der Waals surface area contributed by atoms with Crippen molar-refractivity contribution in [1.29, 1.82) is 0 Å². The monoisotopic (exact) mass is 256 g/mol. The van der Waals surface area contributed by atoms with Crippen molar-refractivity contribution in [2.24, 2.45) is 0 Å². The fraction of sp³-hybridized carbons (Fsp3) is 0.417. The number of rotatable bonds is 3. The van der Waals surface area contributed by atoms with Gasteiger partial charge in [0.15, 0.2) is 0 Å². The van der Waals surface area contributed by atoms with Gasteiger partial charge in [-0.15, -0.1) is 0 Å². The lowest BCUT2D eigenvalue weighted by molar-refractivity contribution is 0.112. The molecule has 6 heteroatoms. The van der Waals surface area contributed by atoms with E-state index < -0.39 is 17.7 Å². The van der Waals surface area contributed by atoms with Crippen LogP contribution in [-0.2, 0) is 4.74 Å². The van der Waals surface area contributed by atoms with Gasteiger partial charge in [-0.05, 0) is 25.0 Å². The van der Waals surface area contributed by atoms with Crippen LogP contribution in [0.15, 0.2) is 18.2 Å². The highest BCUT2D eigenvalue weighted by molar-refractivity contribution is 5.89. The molecule has 0 unspecified atom stereocenters. The molecular formula is C12H14F2N2O2. The molecule has 1 aliphatic rings. The van der Waals surface area contributed by atoms with Crippen molar-refractivity contribution in [2.75, 3.05) is 18.5 Å². The Bertz CT molecular complexity index is 414. The van der Waals surface area contributed by atoms with Crippen LogP contribution in [0.2, 0.25) is 0 Å². The fourth-order valence-corrected chi connectivity index (χ4v) is 1.81. The molecule has 1 aromatic carbocycles. The summed E-state index contributed by atoms with van der Waals surface area (Å²) in [6.45, 7) is 1.10. The van der Waals surface area contributed by atoms with Gasteiger partial charge < -0.3 is 15.4 Å². The van der Waals surface area contributed by atoms with Crippen molar-refractivity contribution in [3.8, 4) is 0 Å². The van der Waals surface area contributed by atoms with E-state index in [2.05, 4.69) is 10.6 Å². The Balaban J connectivity index is 1.82. The van der Waals surface area contributed by atoms with E-state index >= 15 is 0 Å². The first-order valence-electron chi connectivity index (χ1n) is 5.76. The first kappa shape index (κ1) is 12.8. The lowest BCUT2D eigenvalue weighted by Gasteiger charge is -2.11. The second-order valence-corrected chi connectivity index (χ2v) is 4.13. The highest BCUT2D eigenvalue weighted by Gasteiger charge is 2.16. The number of anilines is 1. The fourth-order valence-electron chi connectivity index (χ4n) is 1.81. The molecule has 1 aromatic rings. The number of halogens is 2. The van der Waals surface area contributed by atoms with Crippen LogP contribution in [0.5, 0.6) is 0 Å². The maximum absolute atomic E-state index is 12.9. The predicted octanol–water partition coefficient (Wildman–Crippen LogP) is 2.27. The van der Waals surface area contributed by atoms with Gasteiger partial charge in [-0.3, -0.25) is 0 Å². The molecule has 0 spiro atoms. The van der Waals surface area contributed by atoms with Crippen molar-refractivity contribution in [2.45, 2.75) is 18.9 Å². The van der Waals surface area contributed by atoms with Crippen LogP contribution in [0.25, 0.3) is 0 Å². The summed E-state index contributed by atoms with van der Waals surface area (Å²) in [4.78, 5) is 11.5. The largest absolute Gasteiger partial charge is 0.376 e. The average molecular weight is 256 g/mol. The molecule has 0 bridgehead atoms. The SMILES string of the molecule is O=C(NC[C@H]1CCCO1)Nc1cc(F)cc(F)c1. The van der Waals surface area contributed by atoms with Crippen molar-refractivity contribution in [3.63, 3.8) is 0 Å². The van der Waals surface area contributed by atoms with Crippen LogP contribution in [0.3, 0.4) is 0 Å². The number of carbonyl (C=O) groups is 1. The van der Waals surface area contributed by atoms with Gasteiger partial charge in [-0.2, -0.15) is 0 Å². The molecule has 1 heterocycles. The number of carbonyl (C=O) groups excluding carboxylic acids is 1. The Hall–Kier alpha value is -1.69. The van der Waals surface area contributed by atoms with Gasteiger partial charge in [0, 0.05) is 24.9 Å². The van der Waals surface area contributed by atoms with E-state index in [1.807, 2.05) is 0 Å². The Morgan fingerprint density at radius 1 is 1.33 bits per heavy atom. The zero-order valence-corrected chi connectivity index (χ0v) is 9.71. The van der Waals surface area contributed by atoms with Gasteiger partial charge in [0.25, 0.3) is 0 Å². The lowest BCUT2D eigenvalue weighted by atomic mass is 10.2.